The van der Waals surface area contributed by atoms with E-state index in [1.54, 1.807) is 11.0 Å². The van der Waals surface area contributed by atoms with E-state index in [-0.39, 0.29) is 23.6 Å². The average Bonchev–Trinajstić information content (AvgIpc) is 2.66. The van der Waals surface area contributed by atoms with E-state index >= 15 is 0 Å². The maximum atomic E-state index is 13.1. The zero-order chi connectivity index (χ0) is 17.4. The molecule has 5 nitrogen and oxygen atoms in total. The van der Waals surface area contributed by atoms with Crippen LogP contribution < -0.4 is 5.56 Å². The molecular formula is C20H22N2O3. The molecule has 1 amide bonds. The lowest BCUT2D eigenvalue weighted by molar-refractivity contribution is 0.0566. The number of H-pyrrole nitrogens is 1. The molecule has 25 heavy (non-hydrogen) atoms. The van der Waals surface area contributed by atoms with Crippen molar-refractivity contribution >= 4 is 5.91 Å². The number of nitrogens with one attached hydrogen (secondary N) is 1. The van der Waals surface area contributed by atoms with Gasteiger partial charge in [-0.15, -0.1) is 0 Å². The Morgan fingerprint density at radius 2 is 1.96 bits per heavy atom. The number of amides is 1. The molecule has 0 saturated heterocycles. The van der Waals surface area contributed by atoms with E-state index in [0.29, 0.717) is 6.54 Å². The number of pyridine rings is 1. The third-order valence-electron chi connectivity index (χ3n) is 5.41. The van der Waals surface area contributed by atoms with E-state index in [9.17, 15) is 14.7 Å². The first-order valence-corrected chi connectivity index (χ1v) is 8.93. The monoisotopic (exact) mass is 338 g/mol. The van der Waals surface area contributed by atoms with Crippen molar-refractivity contribution in [2.24, 2.45) is 0 Å². The normalized spacial score (nSPS) is 19.2. The van der Waals surface area contributed by atoms with Crippen LogP contribution in [-0.2, 0) is 19.3 Å². The lowest BCUT2D eigenvalue weighted by Gasteiger charge is -2.36. The second kappa shape index (κ2) is 6.48. The molecule has 1 aliphatic carbocycles. The molecule has 0 radical (unpaired) electrons. The van der Waals surface area contributed by atoms with Crippen molar-refractivity contribution < 1.29 is 9.90 Å². The van der Waals surface area contributed by atoms with Gasteiger partial charge in [0, 0.05) is 12.2 Å². The van der Waals surface area contributed by atoms with Crippen molar-refractivity contribution in [2.75, 3.05) is 13.2 Å². The molecule has 2 aromatic rings. The first-order valence-electron chi connectivity index (χ1n) is 8.93. The van der Waals surface area contributed by atoms with Crippen LogP contribution in [0.15, 0.2) is 35.1 Å². The fraction of sp³-hybridized carbons (Fsp3) is 0.400. The van der Waals surface area contributed by atoms with Gasteiger partial charge >= 0.3 is 0 Å². The molecule has 5 heteroatoms. The van der Waals surface area contributed by atoms with Crippen LogP contribution in [0.5, 0.6) is 0 Å². The van der Waals surface area contributed by atoms with Gasteiger partial charge in [0.25, 0.3) is 11.5 Å². The third kappa shape index (κ3) is 2.78. The molecule has 2 heterocycles. The predicted octanol–water partition coefficient (Wildman–Crippen LogP) is 1.99. The van der Waals surface area contributed by atoms with Crippen LogP contribution in [0.1, 0.15) is 51.6 Å². The highest BCUT2D eigenvalue weighted by Gasteiger charge is 2.32. The number of aliphatic hydroxyl groups is 1. The van der Waals surface area contributed by atoms with Gasteiger partial charge in [-0.1, -0.05) is 24.3 Å². The molecule has 1 atom stereocenters. The summed E-state index contributed by atoms with van der Waals surface area (Å²) in [5, 5.41) is 9.89. The van der Waals surface area contributed by atoms with Crippen LogP contribution in [0.25, 0.3) is 0 Å². The smallest absolute Gasteiger partial charge is 0.261 e. The molecule has 1 unspecified atom stereocenters. The molecule has 2 N–H and O–H groups in total. The second-order valence-electron chi connectivity index (χ2n) is 6.87. The van der Waals surface area contributed by atoms with Crippen molar-refractivity contribution in [2.45, 2.75) is 38.1 Å². The zero-order valence-electron chi connectivity index (χ0n) is 14.1. The van der Waals surface area contributed by atoms with Gasteiger partial charge < -0.3 is 15.0 Å². The van der Waals surface area contributed by atoms with Gasteiger partial charge in [-0.3, -0.25) is 9.59 Å². The summed E-state index contributed by atoms with van der Waals surface area (Å²) in [7, 11) is 0. The van der Waals surface area contributed by atoms with E-state index in [1.807, 2.05) is 24.3 Å². The molecular weight excluding hydrogens is 316 g/mol. The highest BCUT2D eigenvalue weighted by atomic mass is 16.3. The van der Waals surface area contributed by atoms with Gasteiger partial charge in [0.05, 0.1) is 12.6 Å². The number of carbonyl (C=O) groups is 1. The van der Waals surface area contributed by atoms with Gasteiger partial charge in [0.1, 0.15) is 5.56 Å². The minimum absolute atomic E-state index is 0.147. The molecule has 0 saturated carbocycles. The SMILES string of the molecule is O=C(c1cc2c([nH]c1=O)CCCC2)N1CCc2ccccc2C1CO. The number of nitrogens with zero attached hydrogens (tertiary/aromatic N) is 1. The Bertz CT molecular complexity index is 871. The van der Waals surface area contributed by atoms with Gasteiger partial charge in [-0.05, 0) is 54.9 Å². The van der Waals surface area contributed by atoms with Crippen LogP contribution in [0, 0.1) is 0 Å². The number of hydrogen-bond acceptors (Lipinski definition) is 3. The number of rotatable bonds is 2. The molecule has 1 aromatic heterocycles. The largest absolute Gasteiger partial charge is 0.394 e. The van der Waals surface area contributed by atoms with Crippen LogP contribution in [-0.4, -0.2) is 34.0 Å². The van der Waals surface area contributed by atoms with Crippen molar-refractivity contribution in [3.63, 3.8) is 0 Å². The summed E-state index contributed by atoms with van der Waals surface area (Å²) < 4.78 is 0. The Balaban J connectivity index is 1.71. The minimum atomic E-state index is -0.395. The number of aliphatic hydroxyl groups excluding tert-OH is 1. The van der Waals surface area contributed by atoms with Crippen LogP contribution in [0.3, 0.4) is 0 Å². The van der Waals surface area contributed by atoms with E-state index in [4.69, 9.17) is 0 Å². The zero-order valence-corrected chi connectivity index (χ0v) is 14.1. The topological polar surface area (TPSA) is 73.4 Å². The molecule has 0 fully saturated rings. The van der Waals surface area contributed by atoms with Gasteiger partial charge in [0.15, 0.2) is 0 Å². The van der Waals surface area contributed by atoms with Crippen molar-refractivity contribution in [1.82, 2.24) is 9.88 Å². The highest BCUT2D eigenvalue weighted by Crippen LogP contribution is 2.30. The van der Waals surface area contributed by atoms with Crippen molar-refractivity contribution in [1.29, 1.82) is 0 Å². The summed E-state index contributed by atoms with van der Waals surface area (Å²) in [6.45, 7) is 0.364. The number of aryl methyl sites for hydroxylation is 2. The number of carbonyl (C=O) groups excluding carboxylic acids is 1. The summed E-state index contributed by atoms with van der Waals surface area (Å²) in [6.07, 6.45) is 4.67. The Kier molecular flexibility index (Phi) is 4.17. The molecule has 0 spiro atoms. The summed E-state index contributed by atoms with van der Waals surface area (Å²) in [5.74, 6) is -0.289. The van der Waals surface area contributed by atoms with Crippen molar-refractivity contribution in [3.05, 3.63) is 68.6 Å². The van der Waals surface area contributed by atoms with E-state index in [1.165, 1.54) is 0 Å². The molecule has 1 aromatic carbocycles. The quantitative estimate of drug-likeness (QED) is 0.879. The lowest BCUT2D eigenvalue weighted by Crippen LogP contribution is -2.43. The van der Waals surface area contributed by atoms with Crippen LogP contribution >= 0.6 is 0 Å². The van der Waals surface area contributed by atoms with E-state index < -0.39 is 6.04 Å². The fourth-order valence-electron chi connectivity index (χ4n) is 4.08. The Labute approximate surface area is 146 Å². The molecule has 0 bridgehead atoms. The first kappa shape index (κ1) is 16.1. The fourth-order valence-corrected chi connectivity index (χ4v) is 4.08. The Morgan fingerprint density at radius 1 is 1.16 bits per heavy atom. The molecule has 1 aliphatic heterocycles. The molecule has 4 rings (SSSR count). The summed E-state index contributed by atoms with van der Waals surface area (Å²) in [5.41, 5.74) is 4.05. The molecule has 130 valence electrons. The number of aromatic amines is 1. The van der Waals surface area contributed by atoms with E-state index in [0.717, 1.165) is 54.5 Å². The third-order valence-corrected chi connectivity index (χ3v) is 5.41. The van der Waals surface area contributed by atoms with Gasteiger partial charge in [0.2, 0.25) is 0 Å². The van der Waals surface area contributed by atoms with Crippen LogP contribution in [0.2, 0.25) is 0 Å². The summed E-state index contributed by atoms with van der Waals surface area (Å²) in [4.78, 5) is 30.1. The lowest BCUT2D eigenvalue weighted by atomic mass is 9.91. The molecule has 2 aliphatic rings. The average molecular weight is 338 g/mol. The van der Waals surface area contributed by atoms with Gasteiger partial charge in [-0.25, -0.2) is 0 Å². The summed E-state index contributed by atoms with van der Waals surface area (Å²) >= 11 is 0. The maximum absolute atomic E-state index is 13.1. The minimum Gasteiger partial charge on any atom is -0.394 e. The van der Waals surface area contributed by atoms with Crippen molar-refractivity contribution in [3.8, 4) is 0 Å². The number of hydrogen-bond donors (Lipinski definition) is 2. The number of benzene rings is 1. The number of fused-ring (bicyclic) bond motifs is 2. The van der Waals surface area contributed by atoms with Crippen LogP contribution in [0.4, 0.5) is 0 Å². The number of aromatic nitrogens is 1. The highest BCUT2D eigenvalue weighted by molar-refractivity contribution is 5.94. The standard InChI is InChI=1S/C20H22N2O3/c23-12-18-15-7-3-1-5-13(15)9-10-22(18)20(25)16-11-14-6-2-4-8-17(14)21-19(16)24/h1,3,5,7,11,18,23H,2,4,6,8-10,12H2,(H,21,24). The first-order chi connectivity index (χ1) is 12.2. The summed E-state index contributed by atoms with van der Waals surface area (Å²) in [6, 6.07) is 9.25. The Hall–Kier alpha value is -2.40. The van der Waals surface area contributed by atoms with E-state index in [2.05, 4.69) is 4.98 Å². The Morgan fingerprint density at radius 3 is 2.80 bits per heavy atom. The van der Waals surface area contributed by atoms with Gasteiger partial charge in [-0.2, -0.15) is 0 Å². The predicted molar refractivity (Wildman–Crippen MR) is 94.7 cm³/mol. The second-order valence-corrected chi connectivity index (χ2v) is 6.87. The maximum Gasteiger partial charge on any atom is 0.261 e.